The molecule has 8 aromatic rings. The van der Waals surface area contributed by atoms with Crippen LogP contribution in [0.5, 0.6) is 23.0 Å². The van der Waals surface area contributed by atoms with Crippen LogP contribution in [0, 0.1) is 45.3 Å². The van der Waals surface area contributed by atoms with E-state index in [1.54, 1.807) is 147 Å². The minimum absolute atomic E-state index is 0.257. The van der Waals surface area contributed by atoms with Crippen LogP contribution in [0.1, 0.15) is 22.3 Å². The Morgan fingerprint density at radius 1 is 0.250 bits per heavy atom. The van der Waals surface area contributed by atoms with Gasteiger partial charge < -0.3 is 20.4 Å². The molecule has 0 radical (unpaired) electrons. The third-order valence-electron chi connectivity index (χ3n) is 7.37. The molecule has 0 unspecified atom stereocenters. The number of pyridine rings is 4. The summed E-state index contributed by atoms with van der Waals surface area (Å²) in [6, 6.07) is 49.1. The molecule has 0 amide bonds. The highest BCUT2D eigenvalue weighted by atomic mass is 16.3. The number of aromatic nitrogens is 4. The highest BCUT2D eigenvalue weighted by Gasteiger charge is 1.98. The minimum atomic E-state index is 0.257. The Morgan fingerprint density at radius 3 is 0.517 bits per heavy atom. The molecule has 4 aromatic carbocycles. The van der Waals surface area contributed by atoms with Gasteiger partial charge in [-0.25, -0.2) is 0 Å². The summed E-state index contributed by atoms with van der Waals surface area (Å²) < 4.78 is 0. The second kappa shape index (κ2) is 26.4. The molecule has 0 aliphatic heterocycles. The summed E-state index contributed by atoms with van der Waals surface area (Å²) in [6.07, 6.45) is 12.8. The fourth-order valence-corrected chi connectivity index (χ4v) is 4.32. The first-order valence-corrected chi connectivity index (χ1v) is 17.6. The standard InChI is InChI=1S/2C12H10O2.4C6H4N2/c2*13-11-5-1-9(2-6-11)10-3-7-12(14)8-4-10;4*7-5-6-1-3-8-4-2-6/h2*1-8,13-14H;4*1-4H. The Kier molecular flexibility index (Phi) is 19.8. The lowest BCUT2D eigenvalue weighted by atomic mass is 10.1. The zero-order valence-corrected chi connectivity index (χ0v) is 31.8. The summed E-state index contributed by atoms with van der Waals surface area (Å²) in [6.45, 7) is 0. The lowest BCUT2D eigenvalue weighted by Gasteiger charge is -2.01. The molecule has 4 heterocycles. The molecule has 12 nitrogen and oxygen atoms in total. The summed E-state index contributed by atoms with van der Waals surface area (Å²) in [5.74, 6) is 1.03. The molecule has 4 aromatic heterocycles. The molecule has 0 spiro atoms. The van der Waals surface area contributed by atoms with Crippen LogP contribution < -0.4 is 0 Å². The van der Waals surface area contributed by atoms with Gasteiger partial charge in [0.2, 0.25) is 0 Å². The number of aromatic hydroxyl groups is 4. The van der Waals surface area contributed by atoms with E-state index >= 15 is 0 Å². The minimum Gasteiger partial charge on any atom is -0.508 e. The van der Waals surface area contributed by atoms with Gasteiger partial charge in [-0.2, -0.15) is 21.0 Å². The Labute approximate surface area is 347 Å². The van der Waals surface area contributed by atoms with E-state index in [2.05, 4.69) is 19.9 Å². The quantitative estimate of drug-likeness (QED) is 0.128. The topological polar surface area (TPSA) is 228 Å². The van der Waals surface area contributed by atoms with Crippen molar-refractivity contribution in [2.24, 2.45) is 0 Å². The van der Waals surface area contributed by atoms with Crippen LogP contribution in [-0.4, -0.2) is 40.4 Å². The molecule has 4 N–H and O–H groups in total. The molecular formula is C48H36N8O4. The van der Waals surface area contributed by atoms with Crippen LogP contribution in [-0.2, 0) is 0 Å². The maximum atomic E-state index is 9.11. The summed E-state index contributed by atoms with van der Waals surface area (Å²) in [4.78, 5) is 15.0. The normalized spacial score (nSPS) is 8.87. The second-order valence-electron chi connectivity index (χ2n) is 11.6. The first-order valence-electron chi connectivity index (χ1n) is 17.6. The van der Waals surface area contributed by atoms with Crippen LogP contribution >= 0.6 is 0 Å². The largest absolute Gasteiger partial charge is 0.508 e. The fraction of sp³-hybridized carbons (Fsp3) is 0. The van der Waals surface area contributed by atoms with Gasteiger partial charge in [-0.3, -0.25) is 19.9 Å². The van der Waals surface area contributed by atoms with Crippen molar-refractivity contribution in [1.82, 2.24) is 19.9 Å². The van der Waals surface area contributed by atoms with Crippen LogP contribution in [0.4, 0.5) is 0 Å². The van der Waals surface area contributed by atoms with Gasteiger partial charge in [0.15, 0.2) is 0 Å². The van der Waals surface area contributed by atoms with Gasteiger partial charge >= 0.3 is 0 Å². The number of phenols is 4. The van der Waals surface area contributed by atoms with E-state index in [9.17, 15) is 0 Å². The first kappa shape index (κ1) is 45.0. The van der Waals surface area contributed by atoms with Gasteiger partial charge in [0, 0.05) is 49.6 Å². The van der Waals surface area contributed by atoms with E-state index in [-0.39, 0.29) is 23.0 Å². The molecule has 0 fully saturated rings. The summed E-state index contributed by atoms with van der Waals surface area (Å²) >= 11 is 0. The van der Waals surface area contributed by atoms with Gasteiger partial charge in [-0.1, -0.05) is 48.5 Å². The lowest BCUT2D eigenvalue weighted by Crippen LogP contribution is -1.75. The van der Waals surface area contributed by atoms with E-state index in [1.165, 1.54) is 0 Å². The predicted octanol–water partition coefficient (Wildman–Crippen LogP) is 9.34. The average Bonchev–Trinajstić information content (AvgIpc) is 3.32. The van der Waals surface area contributed by atoms with E-state index in [4.69, 9.17) is 41.5 Å². The zero-order valence-electron chi connectivity index (χ0n) is 31.8. The number of phenolic OH excluding ortho intramolecular Hbond substituents is 4. The van der Waals surface area contributed by atoms with E-state index in [0.717, 1.165) is 22.3 Å². The van der Waals surface area contributed by atoms with Crippen molar-refractivity contribution in [3.05, 3.63) is 217 Å². The van der Waals surface area contributed by atoms with Crippen LogP contribution in [0.15, 0.2) is 195 Å². The van der Waals surface area contributed by atoms with Gasteiger partial charge in [0.25, 0.3) is 0 Å². The first-order chi connectivity index (χ1) is 29.2. The SMILES string of the molecule is N#Cc1ccncc1.N#Cc1ccncc1.N#Cc1ccncc1.N#Cc1ccncc1.Oc1ccc(-c2ccc(O)cc2)cc1.Oc1ccc(-c2ccc(O)cc2)cc1. The van der Waals surface area contributed by atoms with Gasteiger partial charge in [-0.15, -0.1) is 0 Å². The van der Waals surface area contributed by atoms with Crippen LogP contribution in [0.3, 0.4) is 0 Å². The number of rotatable bonds is 2. The van der Waals surface area contributed by atoms with Crippen molar-refractivity contribution < 1.29 is 20.4 Å². The molecule has 0 aliphatic rings. The maximum absolute atomic E-state index is 9.11. The summed E-state index contributed by atoms with van der Waals surface area (Å²) in [7, 11) is 0. The average molecular weight is 789 g/mol. The number of nitriles is 4. The molecule has 0 saturated carbocycles. The number of hydrogen-bond acceptors (Lipinski definition) is 12. The third kappa shape index (κ3) is 17.9. The molecule has 0 saturated heterocycles. The predicted molar refractivity (Wildman–Crippen MR) is 226 cm³/mol. The molecule has 60 heavy (non-hydrogen) atoms. The molecule has 12 heteroatoms. The van der Waals surface area contributed by atoms with Crippen molar-refractivity contribution in [1.29, 1.82) is 21.0 Å². The molecule has 0 atom stereocenters. The maximum Gasteiger partial charge on any atom is 0.115 e. The van der Waals surface area contributed by atoms with Gasteiger partial charge in [-0.05, 0) is 119 Å². The van der Waals surface area contributed by atoms with Crippen molar-refractivity contribution in [2.45, 2.75) is 0 Å². The molecule has 8 rings (SSSR count). The lowest BCUT2D eigenvalue weighted by molar-refractivity contribution is 0.474. The van der Waals surface area contributed by atoms with Gasteiger partial charge in [0.05, 0.1) is 46.5 Å². The molecule has 0 aliphatic carbocycles. The van der Waals surface area contributed by atoms with Crippen LogP contribution in [0.25, 0.3) is 22.3 Å². The number of benzene rings is 4. The van der Waals surface area contributed by atoms with E-state index in [0.29, 0.717) is 22.3 Å². The van der Waals surface area contributed by atoms with Crippen molar-refractivity contribution in [3.8, 4) is 69.5 Å². The van der Waals surface area contributed by atoms with Crippen molar-refractivity contribution in [3.63, 3.8) is 0 Å². The Balaban J connectivity index is 0.000000196. The molecular weight excluding hydrogens is 753 g/mol. The summed E-state index contributed by atoms with van der Waals surface area (Å²) in [5.41, 5.74) is 6.68. The Hall–Kier alpha value is -9.36. The highest BCUT2D eigenvalue weighted by molar-refractivity contribution is 5.65. The van der Waals surface area contributed by atoms with Crippen molar-refractivity contribution >= 4 is 0 Å². The molecule has 0 bridgehead atoms. The number of hydrogen-bond donors (Lipinski definition) is 4. The van der Waals surface area contributed by atoms with Crippen molar-refractivity contribution in [2.75, 3.05) is 0 Å². The van der Waals surface area contributed by atoms with Gasteiger partial charge in [0.1, 0.15) is 23.0 Å². The molecule has 292 valence electrons. The van der Waals surface area contributed by atoms with E-state index in [1.807, 2.05) is 72.8 Å². The Morgan fingerprint density at radius 2 is 0.400 bits per heavy atom. The number of nitrogens with zero attached hydrogens (tertiary/aromatic N) is 8. The highest BCUT2D eigenvalue weighted by Crippen LogP contribution is 2.24. The zero-order chi connectivity index (χ0) is 43.2. The Bertz CT molecular complexity index is 2200. The monoisotopic (exact) mass is 788 g/mol. The second-order valence-corrected chi connectivity index (χ2v) is 11.6. The summed E-state index contributed by atoms with van der Waals surface area (Å²) in [5, 5.41) is 69.5. The smallest absolute Gasteiger partial charge is 0.115 e. The van der Waals surface area contributed by atoms with E-state index < -0.39 is 0 Å². The third-order valence-corrected chi connectivity index (χ3v) is 7.37. The fourth-order valence-electron chi connectivity index (χ4n) is 4.32. The van der Waals surface area contributed by atoms with Crippen LogP contribution in [0.2, 0.25) is 0 Å².